The molecule has 0 saturated carbocycles. The highest BCUT2D eigenvalue weighted by molar-refractivity contribution is 6.38. The fourth-order valence-electron chi connectivity index (χ4n) is 4.02. The molecule has 1 aliphatic rings. The van der Waals surface area contributed by atoms with Gasteiger partial charge in [0, 0.05) is 29.9 Å². The summed E-state index contributed by atoms with van der Waals surface area (Å²) < 4.78 is 7.32. The minimum absolute atomic E-state index is 0.119. The molecule has 2 aromatic carbocycles. The summed E-state index contributed by atoms with van der Waals surface area (Å²) in [4.78, 5) is 41.8. The van der Waals surface area contributed by atoms with Gasteiger partial charge in [-0.05, 0) is 29.8 Å². The van der Waals surface area contributed by atoms with Crippen molar-refractivity contribution in [1.82, 2.24) is 20.1 Å². The van der Waals surface area contributed by atoms with Gasteiger partial charge in [0.15, 0.2) is 5.82 Å². The van der Waals surface area contributed by atoms with E-state index in [0.717, 1.165) is 28.1 Å². The number of nitrogens with zero attached hydrogens (tertiary/aromatic N) is 3. The molecule has 0 spiro atoms. The predicted molar refractivity (Wildman–Crippen MR) is 127 cm³/mol. The smallest absolute Gasteiger partial charge is 0.287 e. The number of rotatable bonds is 7. The van der Waals surface area contributed by atoms with Crippen molar-refractivity contribution in [1.29, 1.82) is 0 Å². The van der Waals surface area contributed by atoms with E-state index in [0.29, 0.717) is 6.61 Å². The molecule has 9 nitrogen and oxygen atoms in total. The third-order valence-electron chi connectivity index (χ3n) is 5.71. The predicted octanol–water partition coefficient (Wildman–Crippen LogP) is 2.22. The quantitative estimate of drug-likeness (QED) is 0.401. The zero-order valence-electron chi connectivity index (χ0n) is 18.5. The van der Waals surface area contributed by atoms with Crippen LogP contribution in [0.15, 0.2) is 79.1 Å². The van der Waals surface area contributed by atoms with Crippen LogP contribution < -0.4 is 15.8 Å². The summed E-state index contributed by atoms with van der Waals surface area (Å²) in [5.74, 6) is -1.56. The summed E-state index contributed by atoms with van der Waals surface area (Å²) in [6.45, 7) is 0.340. The Morgan fingerprint density at radius 1 is 1.03 bits per heavy atom. The van der Waals surface area contributed by atoms with Crippen molar-refractivity contribution in [2.24, 2.45) is 5.73 Å². The lowest BCUT2D eigenvalue weighted by molar-refractivity contribution is -0.137. The van der Waals surface area contributed by atoms with E-state index in [1.54, 1.807) is 36.7 Å². The van der Waals surface area contributed by atoms with E-state index in [1.165, 1.54) is 4.68 Å². The number of primary amides is 1. The van der Waals surface area contributed by atoms with Crippen LogP contribution in [-0.4, -0.2) is 38.4 Å². The molecule has 5 rings (SSSR count). The van der Waals surface area contributed by atoms with Gasteiger partial charge in [-0.25, -0.2) is 9.67 Å². The van der Waals surface area contributed by atoms with Crippen LogP contribution >= 0.6 is 0 Å². The van der Waals surface area contributed by atoms with Gasteiger partial charge in [-0.2, -0.15) is 5.10 Å². The Hall–Kier alpha value is -4.79. The normalized spacial score (nSPS) is 12.6. The van der Waals surface area contributed by atoms with Gasteiger partial charge in [-0.15, -0.1) is 0 Å². The van der Waals surface area contributed by atoms with E-state index in [4.69, 9.17) is 10.5 Å². The number of para-hydroxylation sites is 1. The summed E-state index contributed by atoms with van der Waals surface area (Å²) >= 11 is 0. The number of carbonyl (C=O) groups excluding carboxylic acids is 3. The van der Waals surface area contributed by atoms with Crippen LogP contribution in [0.5, 0.6) is 5.75 Å². The first-order valence-corrected chi connectivity index (χ1v) is 11.0. The van der Waals surface area contributed by atoms with E-state index in [-0.39, 0.29) is 17.8 Å². The van der Waals surface area contributed by atoms with Crippen molar-refractivity contribution in [3.63, 3.8) is 0 Å². The number of Topliss-reactive ketones (excluding diaryl/α,β-unsaturated/α-hetero) is 1. The summed E-state index contributed by atoms with van der Waals surface area (Å²) in [7, 11) is 0. The van der Waals surface area contributed by atoms with Crippen LogP contribution in [0.4, 0.5) is 0 Å². The second kappa shape index (κ2) is 9.22. The molecule has 2 amide bonds. The topological polar surface area (TPSA) is 129 Å². The fourth-order valence-corrected chi connectivity index (χ4v) is 4.02. The second-order valence-corrected chi connectivity index (χ2v) is 8.05. The molecule has 0 fully saturated rings. The Kier molecular flexibility index (Phi) is 5.80. The number of carbonyl (C=O) groups is 3. The third kappa shape index (κ3) is 4.39. The van der Waals surface area contributed by atoms with Gasteiger partial charge in [-0.3, -0.25) is 14.4 Å². The standard InChI is InChI=1S/C26H21N5O4/c27-24(33)23(32)20(13-16-7-2-1-3-8-16)29-26(34)19-10-6-12-28-25(19)31-14-17-15-35-21-11-5-4-9-18(21)22(17)30-31/h1-12,14,20H,13,15H2,(H2,27,33)(H,29,34). The van der Waals surface area contributed by atoms with Gasteiger partial charge >= 0.3 is 0 Å². The van der Waals surface area contributed by atoms with E-state index in [1.807, 2.05) is 42.5 Å². The van der Waals surface area contributed by atoms with Crippen LogP contribution in [0.3, 0.4) is 0 Å². The number of benzene rings is 2. The van der Waals surface area contributed by atoms with E-state index in [9.17, 15) is 14.4 Å². The van der Waals surface area contributed by atoms with Gasteiger partial charge < -0.3 is 15.8 Å². The Morgan fingerprint density at radius 3 is 2.60 bits per heavy atom. The van der Waals surface area contributed by atoms with Gasteiger partial charge in [0.1, 0.15) is 24.1 Å². The first-order chi connectivity index (χ1) is 17.0. The van der Waals surface area contributed by atoms with Crippen LogP contribution in [0, 0.1) is 0 Å². The molecule has 174 valence electrons. The first kappa shape index (κ1) is 22.0. The highest BCUT2D eigenvalue weighted by atomic mass is 16.5. The number of pyridine rings is 1. The molecular weight excluding hydrogens is 446 g/mol. The maximum atomic E-state index is 13.3. The van der Waals surface area contributed by atoms with Gasteiger partial charge in [-0.1, -0.05) is 42.5 Å². The molecular formula is C26H21N5O4. The Bertz CT molecular complexity index is 1430. The maximum absolute atomic E-state index is 13.3. The van der Waals surface area contributed by atoms with Gasteiger partial charge in [0.25, 0.3) is 11.8 Å². The third-order valence-corrected chi connectivity index (χ3v) is 5.71. The molecule has 1 atom stereocenters. The zero-order valence-corrected chi connectivity index (χ0v) is 18.5. The number of hydrogen-bond donors (Lipinski definition) is 2. The van der Waals surface area contributed by atoms with Crippen LogP contribution in [-0.2, 0) is 22.6 Å². The summed E-state index contributed by atoms with van der Waals surface area (Å²) in [5.41, 5.74) is 8.66. The first-order valence-electron chi connectivity index (χ1n) is 11.0. The lowest BCUT2D eigenvalue weighted by Crippen LogP contribution is -2.47. The number of hydrogen-bond acceptors (Lipinski definition) is 6. The number of ketones is 1. The molecule has 1 unspecified atom stereocenters. The van der Waals surface area contributed by atoms with E-state index in [2.05, 4.69) is 15.4 Å². The van der Waals surface area contributed by atoms with Crippen molar-refractivity contribution in [2.75, 3.05) is 0 Å². The Morgan fingerprint density at radius 2 is 1.80 bits per heavy atom. The molecule has 35 heavy (non-hydrogen) atoms. The monoisotopic (exact) mass is 467 g/mol. The van der Waals surface area contributed by atoms with Crippen LogP contribution in [0.1, 0.15) is 21.5 Å². The van der Waals surface area contributed by atoms with Crippen molar-refractivity contribution in [3.05, 3.63) is 95.8 Å². The highest BCUT2D eigenvalue weighted by Gasteiger charge is 2.28. The largest absolute Gasteiger partial charge is 0.488 e. The van der Waals surface area contributed by atoms with Crippen molar-refractivity contribution >= 4 is 17.6 Å². The van der Waals surface area contributed by atoms with Gasteiger partial charge in [0.05, 0.1) is 5.56 Å². The van der Waals surface area contributed by atoms with Crippen molar-refractivity contribution in [2.45, 2.75) is 19.1 Å². The SMILES string of the molecule is NC(=O)C(=O)C(Cc1ccccc1)NC(=O)c1cccnc1-n1cc2c(n1)-c1ccccc1OC2. The van der Waals surface area contributed by atoms with Crippen molar-refractivity contribution < 1.29 is 19.1 Å². The minimum atomic E-state index is -1.12. The molecule has 2 aromatic heterocycles. The Balaban J connectivity index is 1.46. The number of ether oxygens (including phenoxy) is 1. The highest BCUT2D eigenvalue weighted by Crippen LogP contribution is 2.36. The number of nitrogens with one attached hydrogen (secondary N) is 1. The molecule has 1 aliphatic heterocycles. The molecule has 0 saturated heterocycles. The van der Waals surface area contributed by atoms with Crippen LogP contribution in [0.25, 0.3) is 17.1 Å². The maximum Gasteiger partial charge on any atom is 0.287 e. The number of amides is 2. The summed E-state index contributed by atoms with van der Waals surface area (Å²) in [6, 6.07) is 18.7. The van der Waals surface area contributed by atoms with Gasteiger partial charge in [0.2, 0.25) is 5.78 Å². The molecule has 3 heterocycles. The number of fused-ring (bicyclic) bond motifs is 3. The summed E-state index contributed by atoms with van der Waals surface area (Å²) in [5, 5.41) is 7.32. The zero-order chi connectivity index (χ0) is 24.4. The molecule has 0 aliphatic carbocycles. The molecule has 0 radical (unpaired) electrons. The average Bonchev–Trinajstić information content (AvgIpc) is 3.33. The fraction of sp³-hybridized carbons (Fsp3) is 0.115. The van der Waals surface area contributed by atoms with E-state index < -0.39 is 23.6 Å². The molecule has 3 N–H and O–H groups in total. The summed E-state index contributed by atoms with van der Waals surface area (Å²) in [6.07, 6.45) is 3.43. The molecule has 0 bridgehead atoms. The molecule has 4 aromatic rings. The lowest BCUT2D eigenvalue weighted by atomic mass is 10.0. The second-order valence-electron chi connectivity index (χ2n) is 8.05. The average molecular weight is 467 g/mol. The van der Waals surface area contributed by atoms with Crippen LogP contribution in [0.2, 0.25) is 0 Å². The Labute approximate surface area is 200 Å². The van der Waals surface area contributed by atoms with E-state index >= 15 is 0 Å². The number of aromatic nitrogens is 3. The number of nitrogens with two attached hydrogens (primary N) is 1. The molecule has 9 heteroatoms. The lowest BCUT2D eigenvalue weighted by Gasteiger charge is -2.17. The van der Waals surface area contributed by atoms with Crippen molar-refractivity contribution in [3.8, 4) is 22.8 Å². The minimum Gasteiger partial charge on any atom is -0.488 e.